The van der Waals surface area contributed by atoms with Crippen molar-refractivity contribution in [3.8, 4) is 0 Å². The van der Waals surface area contributed by atoms with Gasteiger partial charge in [0.1, 0.15) is 0 Å². The van der Waals surface area contributed by atoms with Gasteiger partial charge in [-0.3, -0.25) is 6.29 Å². The first kappa shape index (κ1) is 15.9. The van der Waals surface area contributed by atoms with E-state index in [2.05, 4.69) is 0 Å². The average molecular weight is 180 g/mol. The van der Waals surface area contributed by atoms with Crippen molar-refractivity contribution in [1.82, 2.24) is 0 Å². The molecule has 0 spiro atoms. The van der Waals surface area contributed by atoms with E-state index in [1.165, 1.54) is 0 Å². The SMILES string of the molecule is CC(=O)[O-].CC[C-]=O.[Cu+2]. The van der Waals surface area contributed by atoms with Gasteiger partial charge in [-0.15, -0.1) is 0 Å². The van der Waals surface area contributed by atoms with Crippen LogP contribution in [0, 0.1) is 0 Å². The van der Waals surface area contributed by atoms with Gasteiger partial charge in [-0.25, -0.2) is 0 Å². The van der Waals surface area contributed by atoms with Gasteiger partial charge in [0.2, 0.25) is 0 Å². The van der Waals surface area contributed by atoms with Crippen LogP contribution in [0.15, 0.2) is 0 Å². The second-order valence-electron chi connectivity index (χ2n) is 0.989. The first-order chi connectivity index (χ1) is 3.65. The summed E-state index contributed by atoms with van der Waals surface area (Å²) >= 11 is 0. The van der Waals surface area contributed by atoms with E-state index in [1.54, 1.807) is 13.2 Å². The van der Waals surface area contributed by atoms with Crippen molar-refractivity contribution in [2.75, 3.05) is 0 Å². The summed E-state index contributed by atoms with van der Waals surface area (Å²) < 4.78 is 0. The van der Waals surface area contributed by atoms with Crippen molar-refractivity contribution in [2.24, 2.45) is 0 Å². The minimum Gasteiger partial charge on any atom is -0.550 e. The summed E-state index contributed by atoms with van der Waals surface area (Å²) in [5.74, 6) is -1.08. The Morgan fingerprint density at radius 2 is 1.78 bits per heavy atom. The molecule has 0 heterocycles. The molecule has 9 heavy (non-hydrogen) atoms. The van der Waals surface area contributed by atoms with Crippen LogP contribution in [-0.2, 0) is 26.7 Å². The maximum Gasteiger partial charge on any atom is 2.00 e. The molecule has 0 saturated carbocycles. The first-order valence-corrected chi connectivity index (χ1v) is 2.17. The van der Waals surface area contributed by atoms with Crippen molar-refractivity contribution in [2.45, 2.75) is 20.3 Å². The number of aliphatic carboxylic acids is 1. The van der Waals surface area contributed by atoms with Crippen LogP contribution in [0.4, 0.5) is 0 Å². The second kappa shape index (κ2) is 15.6. The Balaban J connectivity index is -0.0000000720. The standard InChI is InChI=1S/C3H5O.C2H4O2.Cu/c1-2-3-4;1-2(3)4;/h2H2,1H3;1H3,(H,3,4);/q-1;;+2/p-1. The van der Waals surface area contributed by atoms with Crippen molar-refractivity contribution < 1.29 is 31.8 Å². The predicted molar refractivity (Wildman–Crippen MR) is 26.7 cm³/mol. The number of carboxylic acids is 1. The van der Waals surface area contributed by atoms with Gasteiger partial charge < -0.3 is 14.7 Å². The Bertz CT molecular complexity index is 68.6. The molecule has 0 aliphatic rings. The van der Waals surface area contributed by atoms with Crippen LogP contribution in [0.25, 0.3) is 0 Å². The van der Waals surface area contributed by atoms with Crippen LogP contribution < -0.4 is 5.11 Å². The molecule has 0 aliphatic carbocycles. The fourth-order valence-electron chi connectivity index (χ4n) is 0. The summed E-state index contributed by atoms with van der Waals surface area (Å²) in [6, 6.07) is 0. The normalized spacial score (nSPS) is 5.56. The van der Waals surface area contributed by atoms with Gasteiger partial charge in [-0.1, -0.05) is 6.92 Å². The number of hydrogen-bond donors (Lipinski definition) is 0. The molecule has 57 valence electrons. The van der Waals surface area contributed by atoms with E-state index in [4.69, 9.17) is 14.7 Å². The minimum absolute atomic E-state index is 0. The maximum atomic E-state index is 9.05. The molecule has 0 atom stereocenters. The zero-order valence-electron chi connectivity index (χ0n) is 5.23. The molecule has 0 amide bonds. The summed E-state index contributed by atoms with van der Waals surface area (Å²) in [5, 5.41) is 8.89. The molecule has 0 aliphatic heterocycles. The molecule has 0 unspecified atom stereocenters. The van der Waals surface area contributed by atoms with E-state index in [-0.39, 0.29) is 17.1 Å². The summed E-state index contributed by atoms with van der Waals surface area (Å²) in [6.07, 6.45) is 2.19. The third-order valence-electron chi connectivity index (χ3n) is 0.144. The van der Waals surface area contributed by atoms with Crippen LogP contribution in [-0.4, -0.2) is 12.3 Å². The van der Waals surface area contributed by atoms with Gasteiger partial charge >= 0.3 is 17.1 Å². The van der Waals surface area contributed by atoms with Crippen molar-refractivity contribution in [3.63, 3.8) is 0 Å². The Labute approximate surface area is 64.9 Å². The summed E-state index contributed by atoms with van der Waals surface area (Å²) in [7, 11) is 0. The molecule has 0 bridgehead atoms. The monoisotopic (exact) mass is 179 g/mol. The van der Waals surface area contributed by atoms with E-state index in [9.17, 15) is 0 Å². The minimum atomic E-state index is -1.08. The van der Waals surface area contributed by atoms with Crippen LogP contribution in [0.1, 0.15) is 20.3 Å². The van der Waals surface area contributed by atoms with E-state index in [0.29, 0.717) is 6.42 Å². The number of rotatable bonds is 1. The smallest absolute Gasteiger partial charge is 0.550 e. The molecule has 1 radical (unpaired) electrons. The number of carboxylic acid groups (broad SMARTS) is 1. The fourth-order valence-corrected chi connectivity index (χ4v) is 0. The maximum absolute atomic E-state index is 9.05. The summed E-state index contributed by atoms with van der Waals surface area (Å²) in [4.78, 5) is 17.9. The molecular formula is C5H8CuO3. The molecule has 0 aromatic heterocycles. The van der Waals surface area contributed by atoms with E-state index < -0.39 is 5.97 Å². The van der Waals surface area contributed by atoms with Crippen LogP contribution in [0.5, 0.6) is 0 Å². The number of carbonyl (C=O) groups excluding carboxylic acids is 2. The predicted octanol–water partition coefficient (Wildman–Crippen LogP) is -0.740. The van der Waals surface area contributed by atoms with Gasteiger partial charge in [0.05, 0.1) is 0 Å². The number of hydrogen-bond acceptors (Lipinski definition) is 3. The Kier molecular flexibility index (Phi) is 27.6. The van der Waals surface area contributed by atoms with Gasteiger partial charge in [-0.05, 0) is 6.92 Å². The molecule has 0 saturated heterocycles. The average Bonchev–Trinajstić information content (AvgIpc) is 1.65. The van der Waals surface area contributed by atoms with Crippen molar-refractivity contribution in [1.29, 1.82) is 0 Å². The van der Waals surface area contributed by atoms with Gasteiger partial charge in [-0.2, -0.15) is 6.42 Å². The van der Waals surface area contributed by atoms with Crippen molar-refractivity contribution in [3.05, 3.63) is 0 Å². The van der Waals surface area contributed by atoms with Crippen LogP contribution in [0.3, 0.4) is 0 Å². The second-order valence-corrected chi connectivity index (χ2v) is 0.989. The zero-order valence-corrected chi connectivity index (χ0v) is 6.18. The molecule has 0 N–H and O–H groups in total. The van der Waals surface area contributed by atoms with Crippen molar-refractivity contribution >= 4 is 12.3 Å². The van der Waals surface area contributed by atoms with Gasteiger partial charge in [0.25, 0.3) is 0 Å². The van der Waals surface area contributed by atoms with E-state index in [0.717, 1.165) is 6.92 Å². The first-order valence-electron chi connectivity index (χ1n) is 2.17. The molecule has 0 rings (SSSR count). The molecule has 0 aromatic carbocycles. The van der Waals surface area contributed by atoms with E-state index in [1.807, 2.05) is 0 Å². The van der Waals surface area contributed by atoms with Gasteiger partial charge in [0, 0.05) is 5.97 Å². The third kappa shape index (κ3) is 564. The van der Waals surface area contributed by atoms with Crippen LogP contribution in [0.2, 0.25) is 0 Å². The third-order valence-corrected chi connectivity index (χ3v) is 0.144. The molecular weight excluding hydrogens is 172 g/mol. The van der Waals surface area contributed by atoms with Crippen LogP contribution >= 0.6 is 0 Å². The molecule has 0 fully saturated rings. The number of carbonyl (C=O) groups is 1. The zero-order chi connectivity index (χ0) is 6.99. The summed E-state index contributed by atoms with van der Waals surface area (Å²) in [5.41, 5.74) is 0. The largest absolute Gasteiger partial charge is 2.00 e. The Morgan fingerprint density at radius 3 is 1.78 bits per heavy atom. The molecule has 3 nitrogen and oxygen atoms in total. The molecule has 4 heteroatoms. The van der Waals surface area contributed by atoms with Gasteiger partial charge in [0.15, 0.2) is 0 Å². The summed E-state index contributed by atoms with van der Waals surface area (Å²) in [6.45, 7) is 2.73. The Morgan fingerprint density at radius 1 is 1.67 bits per heavy atom. The molecule has 0 aromatic rings. The fraction of sp³-hybridized carbons (Fsp3) is 0.600. The quantitative estimate of drug-likeness (QED) is 0.394. The Hall–Kier alpha value is -0.341. The topological polar surface area (TPSA) is 57.2 Å². The van der Waals surface area contributed by atoms with E-state index >= 15 is 0 Å².